The Balaban J connectivity index is 1.45. The number of amides is 3. The van der Waals surface area contributed by atoms with Crippen molar-refractivity contribution < 1.29 is 38.1 Å². The highest BCUT2D eigenvalue weighted by molar-refractivity contribution is 5.94. The summed E-state index contributed by atoms with van der Waals surface area (Å²) in [5, 5.41) is 9.38. The smallest absolute Gasteiger partial charge is 0.338 e. The molecule has 3 amide bonds. The number of carbonyl (C=O) groups excluding carboxylic acids is 4. The lowest BCUT2D eigenvalue weighted by Crippen LogP contribution is -2.21. The molecule has 0 bridgehead atoms. The zero-order valence-electron chi connectivity index (χ0n) is 24.9. The fourth-order valence-corrected chi connectivity index (χ4v) is 3.72. The minimum atomic E-state index is -0.436. The minimum Gasteiger partial charge on any atom is -0.494 e. The molecular weight excluding hydrogens is 568 g/mol. The average Bonchev–Trinajstić information content (AvgIpc) is 3.01. The summed E-state index contributed by atoms with van der Waals surface area (Å²) in [6.07, 6.45) is 1.37. The van der Waals surface area contributed by atoms with Crippen LogP contribution >= 0.6 is 0 Å². The molecule has 0 aliphatic rings. The maximum absolute atomic E-state index is 12.4. The minimum absolute atomic E-state index is 0.0123. The van der Waals surface area contributed by atoms with E-state index in [2.05, 4.69) is 21.2 Å². The molecule has 12 heteroatoms. The molecule has 0 fully saturated rings. The van der Waals surface area contributed by atoms with Gasteiger partial charge in [0.2, 0.25) is 11.8 Å². The van der Waals surface area contributed by atoms with Gasteiger partial charge in [0.25, 0.3) is 5.91 Å². The van der Waals surface area contributed by atoms with Crippen LogP contribution in [0.25, 0.3) is 0 Å². The lowest BCUT2D eigenvalue weighted by molar-refractivity contribution is -0.124. The highest BCUT2D eigenvalue weighted by Gasteiger charge is 2.11. The number of ether oxygens (including phenoxy) is 4. The molecular formula is C32H36N4O8. The first-order valence-electron chi connectivity index (χ1n) is 14.1. The van der Waals surface area contributed by atoms with Crippen LogP contribution in [0.2, 0.25) is 0 Å². The number of rotatable bonds is 16. The van der Waals surface area contributed by atoms with Crippen LogP contribution in [0.5, 0.6) is 17.2 Å². The molecule has 3 N–H and O–H groups in total. The van der Waals surface area contributed by atoms with Crippen molar-refractivity contribution in [3.05, 3.63) is 77.9 Å². The zero-order valence-corrected chi connectivity index (χ0v) is 24.9. The second-order valence-corrected chi connectivity index (χ2v) is 9.07. The van der Waals surface area contributed by atoms with E-state index in [0.29, 0.717) is 53.0 Å². The Kier molecular flexibility index (Phi) is 13.2. The Bertz CT molecular complexity index is 1440. The van der Waals surface area contributed by atoms with Gasteiger partial charge in [-0.25, -0.2) is 10.2 Å². The topological polar surface area (TPSA) is 154 Å². The van der Waals surface area contributed by atoms with Gasteiger partial charge in [-0.3, -0.25) is 14.4 Å². The number of hydrazone groups is 1. The maximum atomic E-state index is 12.4. The van der Waals surface area contributed by atoms with Crippen LogP contribution in [0.3, 0.4) is 0 Å². The molecule has 232 valence electrons. The Hall–Kier alpha value is -5.39. The van der Waals surface area contributed by atoms with Crippen LogP contribution in [0.1, 0.15) is 49.5 Å². The summed E-state index contributed by atoms with van der Waals surface area (Å²) in [6, 6.07) is 18.2. The summed E-state index contributed by atoms with van der Waals surface area (Å²) in [5.74, 6) is -0.120. The third-order valence-corrected chi connectivity index (χ3v) is 5.74. The first kappa shape index (κ1) is 33.1. The SMILES string of the molecule is CCOC(=O)c1ccc(NC(=O)COc2ccc(C=NNC(=O)CCC(=O)Nc3ccc(OCC)cc3)cc2OCC)cc1. The van der Waals surface area contributed by atoms with E-state index < -0.39 is 17.8 Å². The van der Waals surface area contributed by atoms with E-state index in [4.69, 9.17) is 18.9 Å². The molecule has 0 heterocycles. The molecule has 0 aliphatic heterocycles. The molecule has 0 saturated heterocycles. The van der Waals surface area contributed by atoms with Crippen LogP contribution in [0, 0.1) is 0 Å². The normalized spacial score (nSPS) is 10.5. The van der Waals surface area contributed by atoms with Gasteiger partial charge in [-0.1, -0.05) is 0 Å². The van der Waals surface area contributed by atoms with E-state index in [9.17, 15) is 19.2 Å². The molecule has 0 aromatic heterocycles. The molecule has 12 nitrogen and oxygen atoms in total. The monoisotopic (exact) mass is 604 g/mol. The van der Waals surface area contributed by atoms with Crippen molar-refractivity contribution in [1.29, 1.82) is 0 Å². The standard InChI is InChI=1S/C32H36N4O8/c1-4-41-26-14-12-25(13-15-26)34-29(37)17-18-30(38)36-33-20-22-7-16-27(28(19-22)42-5-2)44-21-31(39)35-24-10-8-23(9-11-24)32(40)43-6-3/h7-16,19-20H,4-6,17-18,21H2,1-3H3,(H,34,37)(H,35,39)(H,36,38). The quantitative estimate of drug-likeness (QED) is 0.122. The van der Waals surface area contributed by atoms with Gasteiger partial charge in [0.1, 0.15) is 5.75 Å². The van der Waals surface area contributed by atoms with E-state index in [1.807, 2.05) is 13.8 Å². The van der Waals surface area contributed by atoms with Crippen LogP contribution < -0.4 is 30.3 Å². The molecule has 0 saturated carbocycles. The molecule has 0 atom stereocenters. The van der Waals surface area contributed by atoms with Gasteiger partial charge in [-0.15, -0.1) is 0 Å². The predicted molar refractivity (Wildman–Crippen MR) is 165 cm³/mol. The number of hydrogen-bond acceptors (Lipinski definition) is 9. The summed E-state index contributed by atoms with van der Waals surface area (Å²) in [5.41, 5.74) is 4.50. The Morgan fingerprint density at radius 3 is 1.98 bits per heavy atom. The molecule has 0 aliphatic carbocycles. The van der Waals surface area contributed by atoms with Gasteiger partial charge < -0.3 is 29.6 Å². The summed E-state index contributed by atoms with van der Waals surface area (Å²) in [4.78, 5) is 48.5. The number of nitrogens with one attached hydrogen (secondary N) is 3. The summed E-state index contributed by atoms with van der Waals surface area (Å²) < 4.78 is 21.6. The van der Waals surface area contributed by atoms with Crippen LogP contribution in [-0.4, -0.2) is 56.3 Å². The van der Waals surface area contributed by atoms with Crippen molar-refractivity contribution in [1.82, 2.24) is 5.43 Å². The van der Waals surface area contributed by atoms with Gasteiger partial charge in [0.05, 0.1) is 31.6 Å². The van der Waals surface area contributed by atoms with Crippen LogP contribution in [0.4, 0.5) is 11.4 Å². The average molecular weight is 605 g/mol. The fourth-order valence-electron chi connectivity index (χ4n) is 3.72. The number of anilines is 2. The van der Waals surface area contributed by atoms with E-state index in [1.54, 1.807) is 73.7 Å². The molecule has 3 aromatic carbocycles. The van der Waals surface area contributed by atoms with Gasteiger partial charge in [0.15, 0.2) is 18.1 Å². The predicted octanol–water partition coefficient (Wildman–Crippen LogP) is 4.55. The molecule has 3 rings (SSSR count). The number of hydrogen-bond donors (Lipinski definition) is 3. The van der Waals surface area contributed by atoms with Gasteiger partial charge in [-0.2, -0.15) is 5.10 Å². The number of carbonyl (C=O) groups is 4. The van der Waals surface area contributed by atoms with E-state index >= 15 is 0 Å². The zero-order chi connectivity index (χ0) is 31.7. The first-order valence-corrected chi connectivity index (χ1v) is 14.1. The van der Waals surface area contributed by atoms with Crippen molar-refractivity contribution in [3.8, 4) is 17.2 Å². The second-order valence-electron chi connectivity index (χ2n) is 9.07. The third kappa shape index (κ3) is 11.1. The fraction of sp³-hybridized carbons (Fsp3) is 0.281. The molecule has 0 unspecified atom stereocenters. The van der Waals surface area contributed by atoms with Crippen molar-refractivity contribution >= 4 is 41.3 Å². The largest absolute Gasteiger partial charge is 0.494 e. The number of nitrogens with zero attached hydrogens (tertiary/aromatic N) is 1. The second kappa shape index (κ2) is 17.5. The lowest BCUT2D eigenvalue weighted by atomic mass is 10.2. The third-order valence-electron chi connectivity index (χ3n) is 5.74. The van der Waals surface area contributed by atoms with E-state index in [-0.39, 0.29) is 32.0 Å². The van der Waals surface area contributed by atoms with Gasteiger partial charge in [-0.05, 0) is 93.1 Å². The summed E-state index contributed by atoms with van der Waals surface area (Å²) >= 11 is 0. The summed E-state index contributed by atoms with van der Waals surface area (Å²) in [6.45, 7) is 6.32. The Morgan fingerprint density at radius 1 is 0.682 bits per heavy atom. The van der Waals surface area contributed by atoms with Gasteiger partial charge in [0, 0.05) is 24.2 Å². The summed E-state index contributed by atoms with van der Waals surface area (Å²) in [7, 11) is 0. The van der Waals surface area contributed by atoms with Gasteiger partial charge >= 0.3 is 5.97 Å². The van der Waals surface area contributed by atoms with E-state index in [0.717, 1.165) is 0 Å². The van der Waals surface area contributed by atoms with Crippen LogP contribution in [-0.2, 0) is 19.1 Å². The number of esters is 1. The molecule has 3 aromatic rings. The van der Waals surface area contributed by atoms with Crippen molar-refractivity contribution in [2.24, 2.45) is 5.10 Å². The van der Waals surface area contributed by atoms with E-state index in [1.165, 1.54) is 6.21 Å². The number of benzene rings is 3. The lowest BCUT2D eigenvalue weighted by Gasteiger charge is -2.13. The van der Waals surface area contributed by atoms with Crippen molar-refractivity contribution in [2.45, 2.75) is 33.6 Å². The maximum Gasteiger partial charge on any atom is 0.338 e. The highest BCUT2D eigenvalue weighted by atomic mass is 16.5. The Morgan fingerprint density at radius 2 is 1.32 bits per heavy atom. The van der Waals surface area contributed by atoms with Crippen LogP contribution in [0.15, 0.2) is 71.8 Å². The first-order chi connectivity index (χ1) is 21.3. The van der Waals surface area contributed by atoms with Crippen molar-refractivity contribution in [2.75, 3.05) is 37.1 Å². The molecule has 0 radical (unpaired) electrons. The molecule has 44 heavy (non-hydrogen) atoms. The molecule has 0 spiro atoms. The Labute approximate surface area is 255 Å². The highest BCUT2D eigenvalue weighted by Crippen LogP contribution is 2.28. The van der Waals surface area contributed by atoms with Crippen molar-refractivity contribution in [3.63, 3.8) is 0 Å².